The van der Waals surface area contributed by atoms with Crippen molar-refractivity contribution in [1.82, 2.24) is 0 Å². The number of nitrogens with zero attached hydrogens (tertiary/aromatic N) is 1. The Bertz CT molecular complexity index is 333. The van der Waals surface area contributed by atoms with Gasteiger partial charge in [-0.2, -0.15) is 11.3 Å². The standard InChI is InChI=1S/C10H13FN2OS/c11-9-3-7(4-9)5-14-13-10(12)8-1-2-15-6-8/h1-2,6-7,9H,3-5H2,(H2,12,13). The Morgan fingerprint density at radius 2 is 2.47 bits per heavy atom. The molecule has 0 radical (unpaired) electrons. The SMILES string of the molecule is N/C(=N\OCC1CC(F)C1)c1ccsc1. The highest BCUT2D eigenvalue weighted by Gasteiger charge is 2.29. The van der Waals surface area contributed by atoms with E-state index in [1.54, 1.807) is 11.3 Å². The highest BCUT2D eigenvalue weighted by Crippen LogP contribution is 2.30. The van der Waals surface area contributed by atoms with Crippen LogP contribution in [0.5, 0.6) is 0 Å². The first-order valence-electron chi connectivity index (χ1n) is 4.88. The third kappa shape index (κ3) is 2.68. The van der Waals surface area contributed by atoms with E-state index < -0.39 is 6.17 Å². The summed E-state index contributed by atoms with van der Waals surface area (Å²) in [7, 11) is 0. The molecule has 0 unspecified atom stereocenters. The van der Waals surface area contributed by atoms with Crippen molar-refractivity contribution in [1.29, 1.82) is 0 Å². The van der Waals surface area contributed by atoms with Gasteiger partial charge in [-0.15, -0.1) is 0 Å². The lowest BCUT2D eigenvalue weighted by Crippen LogP contribution is -2.28. The van der Waals surface area contributed by atoms with Crippen LogP contribution in [0.3, 0.4) is 0 Å². The van der Waals surface area contributed by atoms with Crippen molar-refractivity contribution in [3.05, 3.63) is 22.4 Å². The number of rotatable bonds is 4. The van der Waals surface area contributed by atoms with Crippen LogP contribution in [-0.4, -0.2) is 18.6 Å². The first-order valence-corrected chi connectivity index (χ1v) is 5.82. The molecule has 1 saturated carbocycles. The van der Waals surface area contributed by atoms with Crippen LogP contribution in [0.2, 0.25) is 0 Å². The van der Waals surface area contributed by atoms with Gasteiger partial charge in [0.25, 0.3) is 0 Å². The minimum Gasteiger partial charge on any atom is -0.394 e. The van der Waals surface area contributed by atoms with Gasteiger partial charge in [0.15, 0.2) is 5.84 Å². The monoisotopic (exact) mass is 228 g/mol. The molecule has 0 atom stereocenters. The zero-order valence-electron chi connectivity index (χ0n) is 8.23. The Kier molecular flexibility index (Phi) is 3.20. The average Bonchev–Trinajstić information content (AvgIpc) is 2.67. The van der Waals surface area contributed by atoms with Gasteiger partial charge in [-0.05, 0) is 24.3 Å². The van der Waals surface area contributed by atoms with Crippen LogP contribution in [0.1, 0.15) is 18.4 Å². The number of hydrogen-bond donors (Lipinski definition) is 1. The first kappa shape index (κ1) is 10.4. The number of thiophene rings is 1. The Hall–Kier alpha value is -1.10. The molecule has 3 nitrogen and oxygen atoms in total. The third-order valence-corrected chi connectivity index (χ3v) is 3.15. The van der Waals surface area contributed by atoms with E-state index in [2.05, 4.69) is 5.16 Å². The fourth-order valence-electron chi connectivity index (χ4n) is 1.47. The van der Waals surface area contributed by atoms with Crippen LogP contribution < -0.4 is 5.73 Å². The Balaban J connectivity index is 1.74. The molecule has 1 aromatic rings. The van der Waals surface area contributed by atoms with Crippen LogP contribution in [0, 0.1) is 5.92 Å². The lowest BCUT2D eigenvalue weighted by atomic mass is 9.84. The fourth-order valence-corrected chi connectivity index (χ4v) is 2.12. The molecule has 0 spiro atoms. The Labute approximate surface area is 91.7 Å². The Morgan fingerprint density at radius 1 is 1.67 bits per heavy atom. The van der Waals surface area contributed by atoms with Crippen LogP contribution in [0.25, 0.3) is 0 Å². The summed E-state index contributed by atoms with van der Waals surface area (Å²) in [5.41, 5.74) is 6.54. The maximum Gasteiger partial charge on any atom is 0.171 e. The summed E-state index contributed by atoms with van der Waals surface area (Å²) < 4.78 is 12.5. The summed E-state index contributed by atoms with van der Waals surface area (Å²) in [5, 5.41) is 7.63. The van der Waals surface area contributed by atoms with Crippen LogP contribution in [0.4, 0.5) is 4.39 Å². The molecule has 0 bridgehead atoms. The van der Waals surface area contributed by atoms with Crippen molar-refractivity contribution in [3.8, 4) is 0 Å². The van der Waals surface area contributed by atoms with Crippen molar-refractivity contribution in [3.63, 3.8) is 0 Å². The lowest BCUT2D eigenvalue weighted by Gasteiger charge is -2.27. The zero-order valence-corrected chi connectivity index (χ0v) is 9.04. The normalized spacial score (nSPS) is 26.1. The summed E-state index contributed by atoms with van der Waals surface area (Å²) in [6.45, 7) is 0.464. The van der Waals surface area contributed by atoms with Gasteiger partial charge in [-0.1, -0.05) is 5.16 Å². The molecule has 1 fully saturated rings. The maximum absolute atomic E-state index is 12.5. The molecule has 1 aliphatic rings. The third-order valence-electron chi connectivity index (χ3n) is 2.47. The number of nitrogens with two attached hydrogens (primary N) is 1. The Morgan fingerprint density at radius 3 is 3.07 bits per heavy atom. The quantitative estimate of drug-likeness (QED) is 0.487. The summed E-state index contributed by atoms with van der Waals surface area (Å²) >= 11 is 1.56. The molecule has 82 valence electrons. The van der Waals surface area contributed by atoms with Crippen molar-refractivity contribution in [2.75, 3.05) is 6.61 Å². The first-order chi connectivity index (χ1) is 7.25. The van der Waals surface area contributed by atoms with Gasteiger partial charge in [0.1, 0.15) is 12.8 Å². The number of oxime groups is 1. The van der Waals surface area contributed by atoms with Crippen LogP contribution >= 0.6 is 11.3 Å². The molecule has 2 rings (SSSR count). The largest absolute Gasteiger partial charge is 0.394 e. The van der Waals surface area contributed by atoms with Gasteiger partial charge in [0, 0.05) is 16.9 Å². The molecule has 15 heavy (non-hydrogen) atoms. The smallest absolute Gasteiger partial charge is 0.171 e. The second-order valence-electron chi connectivity index (χ2n) is 3.72. The average molecular weight is 228 g/mol. The number of amidine groups is 1. The highest BCUT2D eigenvalue weighted by molar-refractivity contribution is 7.08. The zero-order chi connectivity index (χ0) is 10.7. The maximum atomic E-state index is 12.5. The molecular formula is C10H13FN2OS. The topological polar surface area (TPSA) is 47.6 Å². The lowest BCUT2D eigenvalue weighted by molar-refractivity contribution is 0.0320. The van der Waals surface area contributed by atoms with Crippen molar-refractivity contribution < 1.29 is 9.23 Å². The minimum absolute atomic E-state index is 0.305. The van der Waals surface area contributed by atoms with Gasteiger partial charge in [0.05, 0.1) is 0 Å². The van der Waals surface area contributed by atoms with Crippen molar-refractivity contribution in [2.24, 2.45) is 16.8 Å². The van der Waals surface area contributed by atoms with Gasteiger partial charge in [-0.3, -0.25) is 0 Å². The van der Waals surface area contributed by atoms with E-state index in [4.69, 9.17) is 10.6 Å². The number of alkyl halides is 1. The van der Waals surface area contributed by atoms with E-state index in [1.807, 2.05) is 16.8 Å². The predicted molar refractivity (Wildman–Crippen MR) is 58.6 cm³/mol. The number of hydrogen-bond acceptors (Lipinski definition) is 3. The van der Waals surface area contributed by atoms with E-state index in [-0.39, 0.29) is 0 Å². The van der Waals surface area contributed by atoms with Gasteiger partial charge in [-0.25, -0.2) is 4.39 Å². The van der Waals surface area contributed by atoms with Crippen molar-refractivity contribution >= 4 is 17.2 Å². The molecule has 0 aromatic carbocycles. The summed E-state index contributed by atoms with van der Waals surface area (Å²) in [4.78, 5) is 5.07. The second kappa shape index (κ2) is 4.61. The fraction of sp³-hybridized carbons (Fsp3) is 0.500. The molecule has 2 N–H and O–H groups in total. The van der Waals surface area contributed by atoms with Gasteiger partial charge in [0.2, 0.25) is 0 Å². The molecule has 1 aromatic heterocycles. The van der Waals surface area contributed by atoms with E-state index in [9.17, 15) is 4.39 Å². The van der Waals surface area contributed by atoms with E-state index in [0.717, 1.165) is 5.56 Å². The van der Waals surface area contributed by atoms with Gasteiger partial charge < -0.3 is 10.6 Å². The molecular weight excluding hydrogens is 215 g/mol. The predicted octanol–water partition coefficient (Wildman–Crippen LogP) is 2.13. The molecule has 5 heteroatoms. The van der Waals surface area contributed by atoms with E-state index in [0.29, 0.717) is 31.2 Å². The van der Waals surface area contributed by atoms with Crippen LogP contribution in [0.15, 0.2) is 22.0 Å². The van der Waals surface area contributed by atoms with E-state index in [1.165, 1.54) is 0 Å². The number of halogens is 1. The highest BCUT2D eigenvalue weighted by atomic mass is 32.1. The van der Waals surface area contributed by atoms with Crippen molar-refractivity contribution in [2.45, 2.75) is 19.0 Å². The van der Waals surface area contributed by atoms with Gasteiger partial charge >= 0.3 is 0 Å². The molecule has 0 aliphatic heterocycles. The molecule has 1 aliphatic carbocycles. The summed E-state index contributed by atoms with van der Waals surface area (Å²) in [6, 6.07) is 1.88. The van der Waals surface area contributed by atoms with E-state index >= 15 is 0 Å². The minimum atomic E-state index is -0.642. The summed E-state index contributed by atoms with van der Waals surface area (Å²) in [5.74, 6) is 0.686. The second-order valence-corrected chi connectivity index (χ2v) is 4.50. The molecule has 0 amide bonds. The molecule has 0 saturated heterocycles. The van der Waals surface area contributed by atoms with Crippen LogP contribution in [-0.2, 0) is 4.84 Å². The summed E-state index contributed by atoms with van der Waals surface area (Å²) in [6.07, 6.45) is 0.540. The molecule has 1 heterocycles.